The fourth-order valence-corrected chi connectivity index (χ4v) is 3.66. The van der Waals surface area contributed by atoms with Gasteiger partial charge in [-0.1, -0.05) is 83.3 Å². The molecule has 33 heavy (non-hydrogen) atoms. The summed E-state index contributed by atoms with van der Waals surface area (Å²) in [7, 11) is 0. The van der Waals surface area contributed by atoms with Gasteiger partial charge in [-0.05, 0) is 48.1 Å². The van der Waals surface area contributed by atoms with Gasteiger partial charge in [0.1, 0.15) is 6.17 Å². The van der Waals surface area contributed by atoms with Crippen molar-refractivity contribution >= 4 is 80.5 Å². The molecular weight excluding hydrogens is 505 g/mol. The van der Waals surface area contributed by atoms with Crippen LogP contribution < -0.4 is 16.0 Å². The maximum Gasteiger partial charge on any atom is 0.340 e. The van der Waals surface area contributed by atoms with Gasteiger partial charge in [-0.2, -0.15) is 0 Å². The van der Waals surface area contributed by atoms with E-state index in [-0.39, 0.29) is 17.3 Å². The molecule has 1 amide bonds. The molecule has 0 saturated carbocycles. The molecule has 0 fully saturated rings. The summed E-state index contributed by atoms with van der Waals surface area (Å²) in [5.41, 5.74) is 1.10. The molecule has 0 spiro atoms. The summed E-state index contributed by atoms with van der Waals surface area (Å²) in [5.74, 6) is -0.962. The number of halogens is 3. The van der Waals surface area contributed by atoms with Crippen molar-refractivity contribution in [2.75, 3.05) is 11.9 Å². The van der Waals surface area contributed by atoms with Crippen LogP contribution in [0.3, 0.4) is 0 Å². The van der Waals surface area contributed by atoms with Crippen molar-refractivity contribution in [2.45, 2.75) is 16.9 Å². The summed E-state index contributed by atoms with van der Waals surface area (Å²) in [6, 6.07) is 19.5. The van der Waals surface area contributed by atoms with Crippen molar-refractivity contribution in [1.82, 2.24) is 10.6 Å². The van der Waals surface area contributed by atoms with Crippen LogP contribution in [0.5, 0.6) is 0 Å². The smallest absolute Gasteiger partial charge is 0.340 e. The van der Waals surface area contributed by atoms with Crippen molar-refractivity contribution < 1.29 is 14.3 Å². The van der Waals surface area contributed by atoms with Gasteiger partial charge in [0.25, 0.3) is 5.91 Å². The highest BCUT2D eigenvalue weighted by molar-refractivity contribution is 7.80. The van der Waals surface area contributed by atoms with Crippen LogP contribution in [-0.4, -0.2) is 33.6 Å². The minimum absolute atomic E-state index is 0.0290. The first-order valence-electron chi connectivity index (χ1n) is 9.89. The van der Waals surface area contributed by atoms with Gasteiger partial charge >= 0.3 is 5.97 Å². The van der Waals surface area contributed by atoms with Crippen LogP contribution in [-0.2, 0) is 4.74 Å². The Morgan fingerprint density at radius 1 is 0.939 bits per heavy atom. The van der Waals surface area contributed by atoms with Gasteiger partial charge in [0.2, 0.25) is 3.79 Å². The second-order valence-electron chi connectivity index (χ2n) is 6.84. The number of rotatable bonds is 6. The molecule has 0 aliphatic heterocycles. The Bertz CT molecular complexity index is 1180. The van der Waals surface area contributed by atoms with Crippen molar-refractivity contribution in [3.63, 3.8) is 0 Å². The van der Waals surface area contributed by atoms with E-state index >= 15 is 0 Å². The van der Waals surface area contributed by atoms with E-state index in [1.54, 1.807) is 43.3 Å². The third kappa shape index (κ3) is 6.48. The minimum Gasteiger partial charge on any atom is -0.462 e. The summed E-state index contributed by atoms with van der Waals surface area (Å²) >= 11 is 23.7. The zero-order valence-electron chi connectivity index (χ0n) is 17.4. The Morgan fingerprint density at radius 2 is 1.58 bits per heavy atom. The normalized spacial score (nSPS) is 12.0. The van der Waals surface area contributed by atoms with E-state index < -0.39 is 21.8 Å². The van der Waals surface area contributed by atoms with Crippen molar-refractivity contribution in [2.24, 2.45) is 0 Å². The van der Waals surface area contributed by atoms with Gasteiger partial charge < -0.3 is 20.7 Å². The lowest BCUT2D eigenvalue weighted by molar-refractivity contribution is 0.0527. The maximum atomic E-state index is 13.0. The number of amides is 1. The average Bonchev–Trinajstić information content (AvgIpc) is 2.78. The lowest BCUT2D eigenvalue weighted by Crippen LogP contribution is -2.56. The second kappa shape index (κ2) is 11.0. The van der Waals surface area contributed by atoms with E-state index in [0.29, 0.717) is 11.3 Å². The van der Waals surface area contributed by atoms with E-state index in [0.717, 1.165) is 10.8 Å². The minimum atomic E-state index is -1.94. The molecule has 1 unspecified atom stereocenters. The van der Waals surface area contributed by atoms with Crippen molar-refractivity contribution in [3.05, 3.63) is 77.9 Å². The summed E-state index contributed by atoms with van der Waals surface area (Å²) in [6.07, 6.45) is -1.18. The number of carbonyl (C=O) groups is 2. The van der Waals surface area contributed by atoms with Crippen LogP contribution in [0.2, 0.25) is 0 Å². The van der Waals surface area contributed by atoms with Crippen LogP contribution in [0.4, 0.5) is 5.69 Å². The first-order valence-corrected chi connectivity index (χ1v) is 11.4. The van der Waals surface area contributed by atoms with Crippen LogP contribution in [0.15, 0.2) is 66.7 Å². The molecule has 0 saturated heterocycles. The van der Waals surface area contributed by atoms with E-state index in [1.165, 1.54) is 0 Å². The number of benzene rings is 3. The van der Waals surface area contributed by atoms with Gasteiger partial charge in [0, 0.05) is 5.56 Å². The van der Waals surface area contributed by atoms with E-state index in [4.69, 9.17) is 51.8 Å². The molecule has 3 rings (SSSR count). The number of ether oxygens (including phenoxy) is 1. The highest BCUT2D eigenvalue weighted by Crippen LogP contribution is 2.30. The van der Waals surface area contributed by atoms with Gasteiger partial charge in [-0.25, -0.2) is 4.79 Å². The molecule has 0 bridgehead atoms. The fourth-order valence-electron chi connectivity index (χ4n) is 3.10. The van der Waals surface area contributed by atoms with E-state index in [1.807, 2.05) is 30.3 Å². The van der Waals surface area contributed by atoms with Gasteiger partial charge in [0.15, 0.2) is 5.11 Å². The zero-order chi connectivity index (χ0) is 24.0. The molecule has 172 valence electrons. The fraction of sp³-hybridized carbons (Fsp3) is 0.174. The number of fused-ring (bicyclic) bond motifs is 1. The molecule has 0 aliphatic rings. The Labute approximate surface area is 211 Å². The van der Waals surface area contributed by atoms with Crippen molar-refractivity contribution in [1.29, 1.82) is 0 Å². The quantitative estimate of drug-likeness (QED) is 0.173. The lowest BCUT2D eigenvalue weighted by Gasteiger charge is -2.28. The number of para-hydroxylation sites is 1. The molecule has 6 nitrogen and oxygen atoms in total. The Kier molecular flexibility index (Phi) is 8.37. The third-order valence-corrected chi connectivity index (χ3v) is 5.46. The molecule has 3 N–H and O–H groups in total. The van der Waals surface area contributed by atoms with E-state index in [9.17, 15) is 9.59 Å². The predicted octanol–water partition coefficient (Wildman–Crippen LogP) is 5.43. The lowest BCUT2D eigenvalue weighted by atomic mass is 10.0. The average molecular weight is 525 g/mol. The van der Waals surface area contributed by atoms with Crippen LogP contribution in [0.1, 0.15) is 27.6 Å². The highest BCUT2D eigenvalue weighted by Gasteiger charge is 2.35. The molecule has 3 aromatic carbocycles. The monoisotopic (exact) mass is 523 g/mol. The third-order valence-electron chi connectivity index (χ3n) is 4.58. The summed E-state index contributed by atoms with van der Waals surface area (Å²) < 4.78 is 3.12. The predicted molar refractivity (Wildman–Crippen MR) is 137 cm³/mol. The number of hydrogen-bond donors (Lipinski definition) is 3. The first kappa shape index (κ1) is 25.1. The summed E-state index contributed by atoms with van der Waals surface area (Å²) in [5, 5.41) is 10.0. The standard InChI is InChI=1S/C23H20Cl3N3O3S/c1-2-32-20(31)17-11-5-6-13-18(17)27-22(33)29-21(23(24,25)26)28-19(30)16-12-7-9-14-8-3-4-10-15(14)16/h3-13,21H,2H2,1H3,(H,28,30)(H2,27,29,33). The van der Waals surface area contributed by atoms with Crippen LogP contribution in [0.25, 0.3) is 10.8 Å². The van der Waals surface area contributed by atoms with Crippen LogP contribution >= 0.6 is 47.0 Å². The van der Waals surface area contributed by atoms with Gasteiger partial charge in [-0.15, -0.1) is 0 Å². The first-order chi connectivity index (χ1) is 15.7. The number of esters is 1. The molecule has 3 aromatic rings. The SMILES string of the molecule is CCOC(=O)c1ccccc1NC(=S)NC(NC(=O)c1cccc2ccccc12)C(Cl)(Cl)Cl. The number of nitrogens with one attached hydrogen (secondary N) is 3. The van der Waals surface area contributed by atoms with E-state index in [2.05, 4.69) is 16.0 Å². The molecule has 1 atom stereocenters. The number of thiocarbonyl (C=S) groups is 1. The summed E-state index contributed by atoms with van der Waals surface area (Å²) in [4.78, 5) is 25.2. The largest absolute Gasteiger partial charge is 0.462 e. The zero-order valence-corrected chi connectivity index (χ0v) is 20.5. The number of hydrogen-bond acceptors (Lipinski definition) is 4. The Balaban J connectivity index is 1.78. The van der Waals surface area contributed by atoms with Crippen LogP contribution in [0, 0.1) is 0 Å². The molecule has 0 heterocycles. The maximum absolute atomic E-state index is 13.0. The molecular formula is C23H20Cl3N3O3S. The number of anilines is 1. The van der Waals surface area contributed by atoms with Gasteiger partial charge in [0.05, 0.1) is 17.9 Å². The molecule has 10 heteroatoms. The Morgan fingerprint density at radius 3 is 2.30 bits per heavy atom. The Hall–Kier alpha value is -2.58. The molecule has 0 aromatic heterocycles. The number of carbonyl (C=O) groups excluding carboxylic acids is 2. The van der Waals surface area contributed by atoms with Gasteiger partial charge in [-0.3, -0.25) is 4.79 Å². The topological polar surface area (TPSA) is 79.5 Å². The number of alkyl halides is 3. The van der Waals surface area contributed by atoms with Crippen molar-refractivity contribution in [3.8, 4) is 0 Å². The second-order valence-corrected chi connectivity index (χ2v) is 9.62. The summed E-state index contributed by atoms with van der Waals surface area (Å²) in [6.45, 7) is 1.94. The highest BCUT2D eigenvalue weighted by atomic mass is 35.6. The molecule has 0 aliphatic carbocycles. The molecule has 0 radical (unpaired) electrons.